The Morgan fingerprint density at radius 3 is 2.54 bits per heavy atom. The average molecular weight is 345 g/mol. The van der Waals surface area contributed by atoms with Crippen LogP contribution in [0.2, 0.25) is 0 Å². The molecule has 2 rings (SSSR count). The lowest BCUT2D eigenvalue weighted by Crippen LogP contribution is -2.47. The third kappa shape index (κ3) is 3.18. The number of likely N-dealkylation sites (tertiary alicyclic amines) is 1. The fourth-order valence-corrected chi connectivity index (χ4v) is 2.87. The number of methoxy groups -OCH3 is 1. The van der Waals surface area contributed by atoms with E-state index in [2.05, 4.69) is 0 Å². The smallest absolute Gasteiger partial charge is 0.406 e. The van der Waals surface area contributed by atoms with Crippen LogP contribution < -0.4 is 4.74 Å². The van der Waals surface area contributed by atoms with Crippen molar-refractivity contribution in [1.29, 1.82) is 0 Å². The van der Waals surface area contributed by atoms with E-state index in [0.717, 1.165) is 10.5 Å². The number of benzene rings is 1. The summed E-state index contributed by atoms with van der Waals surface area (Å²) in [6.45, 7) is 0.722. The molecule has 0 bridgehead atoms. The lowest BCUT2D eigenvalue weighted by molar-refractivity contribution is -0.227. The average Bonchev–Trinajstić information content (AvgIpc) is 2.94. The zero-order chi connectivity index (χ0) is 18.1. The molecule has 1 aliphatic heterocycles. The van der Waals surface area contributed by atoms with E-state index in [9.17, 15) is 22.8 Å². The first kappa shape index (κ1) is 18.1. The second-order valence-electron chi connectivity index (χ2n) is 5.94. The van der Waals surface area contributed by atoms with E-state index in [4.69, 9.17) is 9.84 Å². The molecule has 0 radical (unpaired) electrons. The molecule has 132 valence electrons. The van der Waals surface area contributed by atoms with Gasteiger partial charge >= 0.3 is 12.1 Å². The third-order valence-corrected chi connectivity index (χ3v) is 4.35. The Hall–Kier alpha value is -2.25. The minimum Gasteiger partial charge on any atom is -0.496 e. The Bertz CT molecular complexity index is 659. The molecule has 1 fully saturated rings. The highest BCUT2D eigenvalue weighted by atomic mass is 19.4. The molecule has 1 aromatic carbocycles. The Morgan fingerprint density at radius 1 is 1.38 bits per heavy atom. The van der Waals surface area contributed by atoms with Crippen LogP contribution in [-0.2, 0) is 16.0 Å². The number of hydrogen-bond donors (Lipinski definition) is 1. The van der Waals surface area contributed by atoms with Gasteiger partial charge in [-0.1, -0.05) is 17.7 Å². The van der Waals surface area contributed by atoms with E-state index in [1.807, 2.05) is 6.92 Å². The number of nitrogens with zero attached hydrogens (tertiary/aromatic N) is 1. The summed E-state index contributed by atoms with van der Waals surface area (Å²) in [6, 6.07) is 5.20. The number of amides is 1. The van der Waals surface area contributed by atoms with Crippen molar-refractivity contribution in [3.63, 3.8) is 0 Å². The normalized spacial score (nSPS) is 21.0. The van der Waals surface area contributed by atoms with Crippen molar-refractivity contribution < 1.29 is 32.6 Å². The fourth-order valence-electron chi connectivity index (χ4n) is 2.87. The van der Waals surface area contributed by atoms with E-state index in [1.165, 1.54) is 7.11 Å². The van der Waals surface area contributed by atoms with Crippen LogP contribution in [0.15, 0.2) is 18.2 Å². The lowest BCUT2D eigenvalue weighted by atomic mass is 9.86. The number of aliphatic carboxylic acids is 1. The SMILES string of the molecule is COc1ccc(C)cc1CC(=O)N1CCC(C(=O)O)(C(F)(F)F)C1. The molecule has 24 heavy (non-hydrogen) atoms. The number of ether oxygens (including phenoxy) is 1. The maximum absolute atomic E-state index is 13.2. The van der Waals surface area contributed by atoms with E-state index >= 15 is 0 Å². The van der Waals surface area contributed by atoms with Gasteiger partial charge in [0.2, 0.25) is 5.91 Å². The summed E-state index contributed by atoms with van der Waals surface area (Å²) in [5, 5.41) is 9.03. The van der Waals surface area contributed by atoms with Gasteiger partial charge in [-0.15, -0.1) is 0 Å². The van der Waals surface area contributed by atoms with Crippen molar-refractivity contribution in [2.45, 2.75) is 25.9 Å². The molecule has 1 N–H and O–H groups in total. The number of hydrogen-bond acceptors (Lipinski definition) is 3. The Kier molecular flexibility index (Phi) is 4.77. The van der Waals surface area contributed by atoms with E-state index in [-0.39, 0.29) is 13.0 Å². The summed E-state index contributed by atoms with van der Waals surface area (Å²) >= 11 is 0. The Labute approximate surface area is 137 Å². The number of carbonyl (C=O) groups excluding carboxylic acids is 1. The van der Waals surface area contributed by atoms with Crippen molar-refractivity contribution in [2.24, 2.45) is 5.41 Å². The van der Waals surface area contributed by atoms with Gasteiger partial charge in [-0.25, -0.2) is 0 Å². The predicted octanol–water partition coefficient (Wildman–Crippen LogP) is 2.41. The summed E-state index contributed by atoms with van der Waals surface area (Å²) in [5.74, 6) is -2.03. The predicted molar refractivity (Wildman–Crippen MR) is 78.8 cm³/mol. The molecule has 1 unspecified atom stereocenters. The zero-order valence-electron chi connectivity index (χ0n) is 13.3. The molecule has 8 heteroatoms. The molecule has 0 aromatic heterocycles. The van der Waals surface area contributed by atoms with Gasteiger partial charge in [-0.2, -0.15) is 13.2 Å². The first-order valence-electron chi connectivity index (χ1n) is 7.32. The van der Waals surface area contributed by atoms with Crippen LogP contribution in [0, 0.1) is 12.3 Å². The van der Waals surface area contributed by atoms with Gasteiger partial charge in [0.15, 0.2) is 5.41 Å². The Balaban J connectivity index is 2.18. The molecule has 0 saturated carbocycles. The van der Waals surface area contributed by atoms with Gasteiger partial charge in [0.1, 0.15) is 5.75 Å². The quantitative estimate of drug-likeness (QED) is 0.910. The summed E-state index contributed by atoms with van der Waals surface area (Å²) in [5.41, 5.74) is -1.45. The van der Waals surface area contributed by atoms with E-state index < -0.39 is 36.4 Å². The summed E-state index contributed by atoms with van der Waals surface area (Å²) in [6.07, 6.45) is -5.68. The largest absolute Gasteiger partial charge is 0.496 e. The number of rotatable bonds is 4. The Morgan fingerprint density at radius 2 is 2.04 bits per heavy atom. The highest BCUT2D eigenvalue weighted by molar-refractivity contribution is 5.83. The minimum atomic E-state index is -4.91. The van der Waals surface area contributed by atoms with Crippen LogP contribution in [0.3, 0.4) is 0 Å². The summed E-state index contributed by atoms with van der Waals surface area (Å²) < 4.78 is 44.6. The van der Waals surface area contributed by atoms with Gasteiger partial charge in [0.05, 0.1) is 13.5 Å². The van der Waals surface area contributed by atoms with E-state index in [1.54, 1.807) is 18.2 Å². The standard InChI is InChI=1S/C16H18F3NO4/c1-10-3-4-12(24-2)11(7-10)8-13(21)20-6-5-15(9-20,14(22)23)16(17,18)19/h3-4,7H,5-6,8-9H2,1-2H3,(H,22,23). The van der Waals surface area contributed by atoms with Crippen LogP contribution in [-0.4, -0.2) is 48.3 Å². The van der Waals surface area contributed by atoms with Crippen LogP contribution in [0.1, 0.15) is 17.5 Å². The number of aryl methyl sites for hydroxylation is 1. The second-order valence-corrected chi connectivity index (χ2v) is 5.94. The first-order valence-corrected chi connectivity index (χ1v) is 7.32. The summed E-state index contributed by atoms with van der Waals surface area (Å²) in [4.78, 5) is 24.5. The van der Waals surface area contributed by atoms with Crippen molar-refractivity contribution >= 4 is 11.9 Å². The lowest BCUT2D eigenvalue weighted by Gasteiger charge is -2.27. The van der Waals surface area contributed by atoms with Crippen LogP contribution >= 0.6 is 0 Å². The van der Waals surface area contributed by atoms with Gasteiger partial charge < -0.3 is 14.7 Å². The van der Waals surface area contributed by atoms with Crippen molar-refractivity contribution in [2.75, 3.05) is 20.2 Å². The summed E-state index contributed by atoms with van der Waals surface area (Å²) in [7, 11) is 1.44. The zero-order valence-corrected chi connectivity index (χ0v) is 13.3. The molecule has 1 heterocycles. The molecule has 1 atom stereocenters. The van der Waals surface area contributed by atoms with Crippen LogP contribution in [0.5, 0.6) is 5.75 Å². The van der Waals surface area contributed by atoms with Crippen molar-refractivity contribution in [3.8, 4) is 5.75 Å². The molecule has 5 nitrogen and oxygen atoms in total. The van der Waals surface area contributed by atoms with Gasteiger partial charge in [0, 0.05) is 18.7 Å². The monoisotopic (exact) mass is 345 g/mol. The van der Waals surface area contributed by atoms with Crippen molar-refractivity contribution in [1.82, 2.24) is 4.90 Å². The number of carboxylic acids is 1. The van der Waals surface area contributed by atoms with Gasteiger partial charge in [-0.3, -0.25) is 9.59 Å². The highest BCUT2D eigenvalue weighted by Gasteiger charge is 2.64. The van der Waals surface area contributed by atoms with Crippen LogP contribution in [0.4, 0.5) is 13.2 Å². The first-order chi connectivity index (χ1) is 11.1. The fraction of sp³-hybridized carbons (Fsp3) is 0.500. The number of halogens is 3. The number of carbonyl (C=O) groups is 2. The highest BCUT2D eigenvalue weighted by Crippen LogP contribution is 2.45. The molecule has 1 amide bonds. The molecule has 1 saturated heterocycles. The number of carboxylic acid groups (broad SMARTS) is 1. The topological polar surface area (TPSA) is 66.8 Å². The van der Waals surface area contributed by atoms with Gasteiger partial charge in [0.25, 0.3) is 0 Å². The molecule has 0 spiro atoms. The maximum atomic E-state index is 13.2. The molecular weight excluding hydrogens is 327 g/mol. The number of alkyl halides is 3. The molecule has 1 aromatic rings. The minimum absolute atomic E-state index is 0.140. The molecule has 1 aliphatic rings. The third-order valence-electron chi connectivity index (χ3n) is 4.35. The molecule has 0 aliphatic carbocycles. The van der Waals surface area contributed by atoms with Crippen molar-refractivity contribution in [3.05, 3.63) is 29.3 Å². The van der Waals surface area contributed by atoms with E-state index in [0.29, 0.717) is 11.3 Å². The molecular formula is C16H18F3NO4. The maximum Gasteiger partial charge on any atom is 0.406 e. The van der Waals surface area contributed by atoms with Crippen LogP contribution in [0.25, 0.3) is 0 Å². The second kappa shape index (κ2) is 6.33. The van der Waals surface area contributed by atoms with Gasteiger partial charge in [-0.05, 0) is 19.4 Å².